The summed E-state index contributed by atoms with van der Waals surface area (Å²) in [4.78, 5) is 6.05. The first-order chi connectivity index (χ1) is 9.42. The average Bonchev–Trinajstić information content (AvgIpc) is 3.01. The summed E-state index contributed by atoms with van der Waals surface area (Å²) in [7, 11) is 0.0648. The summed E-state index contributed by atoms with van der Waals surface area (Å²) in [6, 6.07) is 0.581. The molecule has 1 saturated carbocycles. The fourth-order valence-corrected chi connectivity index (χ4v) is 3.97. The van der Waals surface area contributed by atoms with Crippen LogP contribution in [0, 0.1) is 0 Å². The van der Waals surface area contributed by atoms with Gasteiger partial charge in [0.05, 0.1) is 6.33 Å². The van der Waals surface area contributed by atoms with Crippen LogP contribution in [0.4, 0.5) is 0 Å². The minimum atomic E-state index is -3.63. The van der Waals surface area contributed by atoms with Crippen molar-refractivity contribution in [3.8, 4) is 0 Å². The third-order valence-corrected chi connectivity index (χ3v) is 5.74. The lowest BCUT2D eigenvalue weighted by Gasteiger charge is -2.23. The molecule has 0 radical (unpaired) electrons. The first-order valence-electron chi connectivity index (χ1n) is 6.78. The molecule has 1 fully saturated rings. The van der Waals surface area contributed by atoms with Crippen LogP contribution < -0.4 is 4.72 Å². The van der Waals surface area contributed by atoms with Gasteiger partial charge < -0.3 is 9.47 Å². The maximum atomic E-state index is 12.1. The van der Waals surface area contributed by atoms with Gasteiger partial charge >= 0.3 is 0 Å². The Hall–Kier alpha value is -0.630. The molecule has 0 atom stereocenters. The van der Waals surface area contributed by atoms with Crippen molar-refractivity contribution in [1.29, 1.82) is 0 Å². The summed E-state index contributed by atoms with van der Waals surface area (Å²) in [5.74, 6) is 0. The van der Waals surface area contributed by atoms with E-state index in [9.17, 15) is 8.42 Å². The molecule has 0 bridgehead atoms. The Bertz CT molecular complexity index is 552. The van der Waals surface area contributed by atoms with Gasteiger partial charge in [0.1, 0.15) is 5.15 Å². The van der Waals surface area contributed by atoms with Gasteiger partial charge in [-0.25, -0.2) is 18.1 Å². The topological polar surface area (TPSA) is 67.2 Å². The average molecular weight is 321 g/mol. The number of nitrogens with zero attached hydrogens (tertiary/aromatic N) is 3. The summed E-state index contributed by atoms with van der Waals surface area (Å²) in [5.41, 5.74) is 0. The number of hydrogen-bond acceptors (Lipinski definition) is 4. The van der Waals surface area contributed by atoms with Gasteiger partial charge in [0, 0.05) is 26.2 Å². The van der Waals surface area contributed by atoms with Gasteiger partial charge in [-0.1, -0.05) is 24.4 Å². The molecule has 1 aromatic rings. The minimum Gasteiger partial charge on any atom is -0.324 e. The van der Waals surface area contributed by atoms with Crippen LogP contribution in [-0.4, -0.2) is 49.0 Å². The second-order valence-corrected chi connectivity index (χ2v) is 7.31. The molecule has 0 unspecified atom stereocenters. The van der Waals surface area contributed by atoms with E-state index in [-0.39, 0.29) is 10.2 Å². The summed E-state index contributed by atoms with van der Waals surface area (Å²) in [5, 5.41) is 0.0202. The van der Waals surface area contributed by atoms with Crippen LogP contribution in [0.25, 0.3) is 0 Å². The predicted molar refractivity (Wildman–Crippen MR) is 78.3 cm³/mol. The molecule has 0 aliphatic heterocycles. The highest BCUT2D eigenvalue weighted by molar-refractivity contribution is 7.89. The van der Waals surface area contributed by atoms with Gasteiger partial charge in [-0.3, -0.25) is 0 Å². The summed E-state index contributed by atoms with van der Waals surface area (Å²) < 4.78 is 28.2. The van der Waals surface area contributed by atoms with Crippen molar-refractivity contribution in [3.63, 3.8) is 0 Å². The Morgan fingerprint density at radius 2 is 2.15 bits per heavy atom. The SMILES string of the molecule is CN(CCNS(=O)(=O)c1ncn(C)c1Cl)C1CCCC1. The van der Waals surface area contributed by atoms with Gasteiger partial charge in [-0.2, -0.15) is 0 Å². The number of halogens is 1. The first kappa shape index (κ1) is 15.8. The van der Waals surface area contributed by atoms with Crippen molar-refractivity contribution >= 4 is 21.6 Å². The van der Waals surface area contributed by atoms with E-state index in [2.05, 4.69) is 14.6 Å². The van der Waals surface area contributed by atoms with Gasteiger partial charge in [0.2, 0.25) is 5.03 Å². The molecule has 1 aliphatic rings. The smallest absolute Gasteiger partial charge is 0.261 e. The molecule has 8 heteroatoms. The normalized spacial score (nSPS) is 17.2. The van der Waals surface area contributed by atoms with E-state index in [0.717, 1.165) is 0 Å². The van der Waals surface area contributed by atoms with E-state index in [1.54, 1.807) is 7.05 Å². The van der Waals surface area contributed by atoms with Gasteiger partial charge in [-0.15, -0.1) is 0 Å². The van der Waals surface area contributed by atoms with E-state index < -0.39 is 10.0 Å². The number of likely N-dealkylation sites (N-methyl/N-ethyl adjacent to an activating group) is 1. The van der Waals surface area contributed by atoms with Crippen LogP contribution in [-0.2, 0) is 17.1 Å². The monoisotopic (exact) mass is 320 g/mol. The molecule has 0 aromatic carbocycles. The minimum absolute atomic E-state index is 0.106. The fraction of sp³-hybridized carbons (Fsp3) is 0.750. The molecule has 114 valence electrons. The maximum absolute atomic E-state index is 12.1. The number of imidazole rings is 1. The van der Waals surface area contributed by atoms with E-state index in [1.807, 2.05) is 7.05 Å². The second kappa shape index (κ2) is 6.43. The third-order valence-electron chi connectivity index (χ3n) is 3.79. The second-order valence-electron chi connectivity index (χ2n) is 5.27. The van der Waals surface area contributed by atoms with E-state index in [0.29, 0.717) is 19.1 Å². The zero-order valence-corrected chi connectivity index (χ0v) is 13.4. The number of sulfonamides is 1. The molecule has 1 aliphatic carbocycles. The first-order valence-corrected chi connectivity index (χ1v) is 8.64. The molecular formula is C12H21ClN4O2S. The largest absolute Gasteiger partial charge is 0.324 e. The van der Waals surface area contributed by atoms with Gasteiger partial charge in [-0.05, 0) is 19.9 Å². The number of rotatable bonds is 6. The Balaban J connectivity index is 1.88. The molecule has 0 spiro atoms. The highest BCUT2D eigenvalue weighted by Crippen LogP contribution is 2.22. The lowest BCUT2D eigenvalue weighted by Crippen LogP contribution is -2.37. The zero-order chi connectivity index (χ0) is 14.8. The molecule has 1 aromatic heterocycles. The van der Waals surface area contributed by atoms with Crippen molar-refractivity contribution in [1.82, 2.24) is 19.2 Å². The summed E-state index contributed by atoms with van der Waals surface area (Å²) in [6.45, 7) is 1.05. The van der Waals surface area contributed by atoms with Gasteiger partial charge in [0.15, 0.2) is 0 Å². The Morgan fingerprint density at radius 3 is 2.70 bits per heavy atom. The molecule has 2 rings (SSSR count). The van der Waals surface area contributed by atoms with Crippen molar-refractivity contribution in [2.24, 2.45) is 7.05 Å². The summed E-state index contributed by atoms with van der Waals surface area (Å²) >= 11 is 5.91. The quantitative estimate of drug-likeness (QED) is 0.856. The lowest BCUT2D eigenvalue weighted by atomic mass is 10.2. The van der Waals surface area contributed by atoms with E-state index >= 15 is 0 Å². The molecule has 20 heavy (non-hydrogen) atoms. The number of aromatic nitrogens is 2. The van der Waals surface area contributed by atoms with Crippen molar-refractivity contribution < 1.29 is 8.42 Å². The predicted octanol–water partition coefficient (Wildman–Crippen LogP) is 1.23. The molecule has 0 amide bonds. The third kappa shape index (κ3) is 3.52. The standard InChI is InChI=1S/C12H21ClN4O2S/c1-16(10-5-3-4-6-10)8-7-15-20(18,19)12-11(13)17(2)9-14-12/h9-10,15H,3-8H2,1-2H3. The van der Waals surface area contributed by atoms with Crippen LogP contribution in [0.3, 0.4) is 0 Å². The molecule has 0 saturated heterocycles. The van der Waals surface area contributed by atoms with Crippen molar-refractivity contribution in [2.75, 3.05) is 20.1 Å². The van der Waals surface area contributed by atoms with Crippen LogP contribution in [0.5, 0.6) is 0 Å². The number of hydrogen-bond donors (Lipinski definition) is 1. The molecule has 6 nitrogen and oxygen atoms in total. The van der Waals surface area contributed by atoms with Crippen molar-refractivity contribution in [2.45, 2.75) is 36.8 Å². The fourth-order valence-electron chi connectivity index (χ4n) is 2.53. The molecule has 1 heterocycles. The Labute approximate surface area is 125 Å². The van der Waals surface area contributed by atoms with E-state index in [1.165, 1.54) is 36.6 Å². The lowest BCUT2D eigenvalue weighted by molar-refractivity contribution is 0.250. The number of nitrogens with one attached hydrogen (secondary N) is 1. The highest BCUT2D eigenvalue weighted by Gasteiger charge is 2.23. The molecule has 1 N–H and O–H groups in total. The highest BCUT2D eigenvalue weighted by atomic mass is 35.5. The van der Waals surface area contributed by atoms with Crippen LogP contribution in [0.1, 0.15) is 25.7 Å². The van der Waals surface area contributed by atoms with Crippen LogP contribution >= 0.6 is 11.6 Å². The Morgan fingerprint density at radius 1 is 1.50 bits per heavy atom. The molecular weight excluding hydrogens is 300 g/mol. The number of aryl methyl sites for hydroxylation is 1. The van der Waals surface area contributed by atoms with Crippen LogP contribution in [0.15, 0.2) is 11.4 Å². The Kier molecular flexibility index (Phi) is 5.06. The van der Waals surface area contributed by atoms with Gasteiger partial charge in [0.25, 0.3) is 10.0 Å². The zero-order valence-electron chi connectivity index (χ0n) is 11.8. The van der Waals surface area contributed by atoms with E-state index in [4.69, 9.17) is 11.6 Å². The van der Waals surface area contributed by atoms with Crippen LogP contribution in [0.2, 0.25) is 5.15 Å². The maximum Gasteiger partial charge on any atom is 0.261 e. The summed E-state index contributed by atoms with van der Waals surface area (Å²) in [6.07, 6.45) is 6.33. The van der Waals surface area contributed by atoms with Crippen molar-refractivity contribution in [3.05, 3.63) is 11.5 Å².